The number of amides is 1. The van der Waals surface area contributed by atoms with E-state index >= 15 is 0 Å². The predicted octanol–water partition coefficient (Wildman–Crippen LogP) is 3.72. The van der Waals surface area contributed by atoms with E-state index in [1.807, 2.05) is 25.3 Å². The molecule has 2 aromatic heterocycles. The van der Waals surface area contributed by atoms with Crippen LogP contribution in [0.2, 0.25) is 0 Å². The van der Waals surface area contributed by atoms with Crippen molar-refractivity contribution in [1.82, 2.24) is 29.7 Å². The molecule has 9 heteroatoms. The molecular weight excluding hydrogens is 452 g/mol. The van der Waals surface area contributed by atoms with Crippen molar-refractivity contribution in [2.24, 2.45) is 4.99 Å². The average Bonchev–Trinajstić information content (AvgIpc) is 3.47. The molecule has 1 aliphatic carbocycles. The molecule has 5 rings (SSSR count). The summed E-state index contributed by atoms with van der Waals surface area (Å²) < 4.78 is 2.17. The number of amidine groups is 1. The van der Waals surface area contributed by atoms with Crippen LogP contribution in [0.25, 0.3) is 11.0 Å². The van der Waals surface area contributed by atoms with Crippen molar-refractivity contribution in [1.29, 1.82) is 0 Å². The molecule has 2 N–H and O–H groups in total. The van der Waals surface area contributed by atoms with Gasteiger partial charge >= 0.3 is 0 Å². The van der Waals surface area contributed by atoms with Crippen molar-refractivity contribution in [3.63, 3.8) is 0 Å². The predicted molar refractivity (Wildman–Crippen MR) is 144 cm³/mol. The second-order valence-corrected chi connectivity index (χ2v) is 10.7. The van der Waals surface area contributed by atoms with Crippen molar-refractivity contribution in [3.8, 4) is 0 Å². The molecule has 3 aliphatic rings. The quantitative estimate of drug-likeness (QED) is 0.377. The van der Waals surface area contributed by atoms with Crippen LogP contribution in [0.4, 0.5) is 5.95 Å². The monoisotopic (exact) mass is 490 g/mol. The number of piperazine rings is 1. The minimum absolute atomic E-state index is 0.0385. The van der Waals surface area contributed by atoms with E-state index in [4.69, 9.17) is 4.98 Å². The first-order valence-electron chi connectivity index (χ1n) is 13.1. The molecule has 2 fully saturated rings. The van der Waals surface area contributed by atoms with Gasteiger partial charge in [0.05, 0.1) is 17.4 Å². The summed E-state index contributed by atoms with van der Waals surface area (Å²) in [6.07, 6.45) is 9.96. The van der Waals surface area contributed by atoms with Gasteiger partial charge in [0.1, 0.15) is 17.2 Å². The third kappa shape index (κ3) is 4.40. The Bertz CT molecular complexity index is 1220. The highest BCUT2D eigenvalue weighted by Gasteiger charge is 2.42. The van der Waals surface area contributed by atoms with Crippen LogP contribution in [0.1, 0.15) is 63.9 Å². The van der Waals surface area contributed by atoms with Gasteiger partial charge in [0.25, 0.3) is 5.91 Å². The van der Waals surface area contributed by atoms with Crippen LogP contribution in [-0.2, 0) is 5.54 Å². The van der Waals surface area contributed by atoms with Gasteiger partial charge in [-0.25, -0.2) is 9.98 Å². The second kappa shape index (κ2) is 9.69. The lowest BCUT2D eigenvalue weighted by Crippen LogP contribution is -2.53. The van der Waals surface area contributed by atoms with E-state index in [0.717, 1.165) is 49.2 Å². The molecule has 9 nitrogen and oxygen atoms in total. The summed E-state index contributed by atoms with van der Waals surface area (Å²) in [7, 11) is 0. The number of allylic oxidation sites excluding steroid dienone is 1. The molecule has 1 unspecified atom stereocenters. The standard InChI is InChI=1S/C27H38N8O/c1-6-22(33-11-12-34(18(2)3)19(4)16-33)15-28-20(5)31-26-29-14-21-13-23-25(36)30-17-27(9-7-8-10-27)35(23)24(21)32-26/h6,13-15,18-19H,1,7-12,16-17H2,2-5H3,(H,30,36)(H,28,29,31,32)/b22-15+. The third-order valence-corrected chi connectivity index (χ3v) is 7.96. The maximum absolute atomic E-state index is 12.6. The van der Waals surface area contributed by atoms with Crippen LogP contribution in [0.5, 0.6) is 0 Å². The molecule has 4 heterocycles. The Labute approximate surface area is 213 Å². The number of fused-ring (bicyclic) bond motifs is 4. The molecule has 2 aromatic rings. The Morgan fingerprint density at radius 3 is 2.81 bits per heavy atom. The molecule has 2 aliphatic heterocycles. The first-order chi connectivity index (χ1) is 17.3. The van der Waals surface area contributed by atoms with Crippen LogP contribution in [0, 0.1) is 0 Å². The summed E-state index contributed by atoms with van der Waals surface area (Å²) in [5.74, 6) is 1.14. The lowest BCUT2D eigenvalue weighted by molar-refractivity contribution is 0.0794. The highest BCUT2D eigenvalue weighted by molar-refractivity contribution is 5.99. The van der Waals surface area contributed by atoms with Crippen LogP contribution < -0.4 is 10.6 Å². The number of aromatic nitrogens is 3. The Kier molecular flexibility index (Phi) is 6.59. The molecule has 1 saturated heterocycles. The van der Waals surface area contributed by atoms with Crippen LogP contribution in [-0.4, -0.2) is 74.3 Å². The zero-order valence-electron chi connectivity index (χ0n) is 21.9. The van der Waals surface area contributed by atoms with E-state index in [2.05, 4.69) is 62.3 Å². The smallest absolute Gasteiger partial charge is 0.268 e. The summed E-state index contributed by atoms with van der Waals surface area (Å²) in [4.78, 5) is 31.5. The number of nitrogens with one attached hydrogen (secondary N) is 2. The number of carbonyl (C=O) groups is 1. The van der Waals surface area contributed by atoms with Gasteiger partial charge in [0, 0.05) is 49.8 Å². The molecule has 1 saturated carbocycles. The molecule has 36 heavy (non-hydrogen) atoms. The molecule has 1 amide bonds. The number of anilines is 1. The summed E-state index contributed by atoms with van der Waals surface area (Å²) in [6.45, 7) is 16.3. The van der Waals surface area contributed by atoms with E-state index in [0.29, 0.717) is 36.1 Å². The van der Waals surface area contributed by atoms with Gasteiger partial charge in [-0.15, -0.1) is 0 Å². The maximum atomic E-state index is 12.6. The fourth-order valence-corrected chi connectivity index (χ4v) is 6.14. The highest BCUT2D eigenvalue weighted by Crippen LogP contribution is 2.41. The zero-order valence-corrected chi connectivity index (χ0v) is 21.9. The van der Waals surface area contributed by atoms with Gasteiger partial charge in [-0.1, -0.05) is 19.4 Å². The highest BCUT2D eigenvalue weighted by atomic mass is 16.2. The summed E-state index contributed by atoms with van der Waals surface area (Å²) >= 11 is 0. The van der Waals surface area contributed by atoms with Crippen molar-refractivity contribution in [3.05, 3.63) is 42.5 Å². The van der Waals surface area contributed by atoms with Crippen molar-refractivity contribution < 1.29 is 4.79 Å². The fraction of sp³-hybridized carbons (Fsp3) is 0.556. The molecular formula is C27H38N8O. The van der Waals surface area contributed by atoms with Gasteiger partial charge in [0.2, 0.25) is 5.95 Å². The Morgan fingerprint density at radius 2 is 2.11 bits per heavy atom. The molecule has 0 aromatic carbocycles. The fourth-order valence-electron chi connectivity index (χ4n) is 6.14. The third-order valence-electron chi connectivity index (χ3n) is 7.96. The first-order valence-corrected chi connectivity index (χ1v) is 13.1. The number of rotatable bonds is 5. The van der Waals surface area contributed by atoms with Gasteiger partial charge < -0.3 is 20.1 Å². The molecule has 192 valence electrons. The number of aliphatic imine (C=N–C) groups is 1. The minimum atomic E-state index is -0.0852. The molecule has 0 radical (unpaired) electrons. The summed E-state index contributed by atoms with van der Waals surface area (Å²) in [5, 5.41) is 7.21. The van der Waals surface area contributed by atoms with E-state index in [-0.39, 0.29) is 11.4 Å². The van der Waals surface area contributed by atoms with Gasteiger partial charge in [-0.05, 0) is 52.7 Å². The SMILES string of the molecule is C=C/C(=C\N=C(/C)Nc1ncc2cc3n(c2n1)C1(CCCC1)CNC3=O)N1CCN(C(C)C)C(C)C1. The Morgan fingerprint density at radius 1 is 1.33 bits per heavy atom. The van der Waals surface area contributed by atoms with Crippen molar-refractivity contribution in [2.45, 2.75) is 71.0 Å². The Hall–Kier alpha value is -3.20. The second-order valence-electron chi connectivity index (χ2n) is 10.7. The molecule has 1 atom stereocenters. The van der Waals surface area contributed by atoms with Crippen molar-refractivity contribution >= 4 is 28.7 Å². The van der Waals surface area contributed by atoms with Gasteiger partial charge in [0.15, 0.2) is 0 Å². The topological polar surface area (TPSA) is 90.7 Å². The van der Waals surface area contributed by atoms with E-state index in [1.165, 1.54) is 12.8 Å². The molecule has 0 bridgehead atoms. The molecule has 1 spiro atoms. The van der Waals surface area contributed by atoms with Crippen LogP contribution >= 0.6 is 0 Å². The van der Waals surface area contributed by atoms with Gasteiger partial charge in [-0.2, -0.15) is 4.98 Å². The van der Waals surface area contributed by atoms with Crippen LogP contribution in [0.3, 0.4) is 0 Å². The number of hydrogen-bond acceptors (Lipinski definition) is 6. The Balaban J connectivity index is 1.36. The lowest BCUT2D eigenvalue weighted by atomic mass is 9.94. The number of hydrogen-bond donors (Lipinski definition) is 2. The minimum Gasteiger partial charge on any atom is -0.367 e. The lowest BCUT2D eigenvalue weighted by Gasteiger charge is -2.43. The van der Waals surface area contributed by atoms with Crippen molar-refractivity contribution in [2.75, 3.05) is 31.5 Å². The van der Waals surface area contributed by atoms with E-state index in [9.17, 15) is 4.79 Å². The number of nitrogens with zero attached hydrogens (tertiary/aromatic N) is 6. The maximum Gasteiger partial charge on any atom is 0.268 e. The summed E-state index contributed by atoms with van der Waals surface area (Å²) in [5.41, 5.74) is 2.42. The number of carbonyl (C=O) groups excluding carboxylic acids is 1. The normalized spacial score (nSPS) is 22.9. The summed E-state index contributed by atoms with van der Waals surface area (Å²) in [6, 6.07) is 2.93. The average molecular weight is 491 g/mol. The van der Waals surface area contributed by atoms with E-state index in [1.54, 1.807) is 6.20 Å². The van der Waals surface area contributed by atoms with Gasteiger partial charge in [-0.3, -0.25) is 9.69 Å². The zero-order chi connectivity index (χ0) is 25.4. The largest absolute Gasteiger partial charge is 0.367 e. The van der Waals surface area contributed by atoms with E-state index < -0.39 is 0 Å². The first kappa shape index (κ1) is 24.5. The van der Waals surface area contributed by atoms with Crippen LogP contribution in [0.15, 0.2) is 41.8 Å².